The van der Waals surface area contributed by atoms with Gasteiger partial charge in [0, 0.05) is 44.0 Å². The number of amides is 1. The minimum Gasteiger partial charge on any atom is -0.480 e. The van der Waals surface area contributed by atoms with Crippen LogP contribution in [0.25, 0.3) is 11.1 Å². The fraction of sp³-hybridized carbons (Fsp3) is 0.333. The van der Waals surface area contributed by atoms with E-state index in [9.17, 15) is 14.7 Å². The van der Waals surface area contributed by atoms with Gasteiger partial charge >= 0.3 is 5.97 Å². The Bertz CT molecular complexity index is 1210. The van der Waals surface area contributed by atoms with Crippen molar-refractivity contribution >= 4 is 29.3 Å². The quantitative estimate of drug-likeness (QED) is 0.398. The second kappa shape index (κ2) is 12.8. The van der Waals surface area contributed by atoms with E-state index in [-0.39, 0.29) is 5.91 Å². The molecule has 194 valence electrons. The number of hydrogen-bond donors (Lipinski definition) is 2. The maximum absolute atomic E-state index is 13.3. The van der Waals surface area contributed by atoms with Crippen LogP contribution in [-0.4, -0.2) is 66.1 Å². The van der Waals surface area contributed by atoms with E-state index in [0.29, 0.717) is 17.7 Å². The molecule has 37 heavy (non-hydrogen) atoms. The number of benzene rings is 3. The van der Waals surface area contributed by atoms with Crippen molar-refractivity contribution in [2.75, 3.05) is 43.1 Å². The molecule has 0 aliphatic carbocycles. The molecular formula is C30H35N3O3S. The summed E-state index contributed by atoms with van der Waals surface area (Å²) in [7, 11) is 0. The van der Waals surface area contributed by atoms with E-state index in [2.05, 4.69) is 45.4 Å². The third-order valence-electron chi connectivity index (χ3n) is 6.88. The Morgan fingerprint density at radius 2 is 1.65 bits per heavy atom. The number of carbonyl (C=O) groups excluding carboxylic acids is 1. The minimum atomic E-state index is -1.01. The molecule has 0 spiro atoms. The van der Waals surface area contributed by atoms with Gasteiger partial charge in [-0.2, -0.15) is 11.8 Å². The maximum Gasteiger partial charge on any atom is 0.326 e. The monoisotopic (exact) mass is 517 g/mol. The van der Waals surface area contributed by atoms with E-state index in [1.54, 1.807) is 11.8 Å². The number of para-hydroxylation sites is 1. The molecule has 1 atom stereocenters. The number of rotatable bonds is 10. The average molecular weight is 518 g/mol. The molecule has 7 heteroatoms. The van der Waals surface area contributed by atoms with Crippen molar-refractivity contribution < 1.29 is 14.7 Å². The first-order valence-corrected chi connectivity index (χ1v) is 14.1. The Kier molecular flexibility index (Phi) is 9.25. The average Bonchev–Trinajstić information content (AvgIpc) is 2.92. The van der Waals surface area contributed by atoms with E-state index in [0.717, 1.165) is 55.0 Å². The van der Waals surface area contributed by atoms with Gasteiger partial charge in [-0.15, -0.1) is 0 Å². The topological polar surface area (TPSA) is 72.9 Å². The molecule has 2 N–H and O–H groups in total. The molecule has 1 aliphatic rings. The van der Waals surface area contributed by atoms with Gasteiger partial charge in [-0.05, 0) is 71.9 Å². The zero-order valence-electron chi connectivity index (χ0n) is 21.5. The summed E-state index contributed by atoms with van der Waals surface area (Å²) >= 11 is 1.57. The molecule has 4 rings (SSSR count). The third-order valence-corrected chi connectivity index (χ3v) is 7.52. The van der Waals surface area contributed by atoms with Crippen LogP contribution in [-0.2, 0) is 11.3 Å². The lowest BCUT2D eigenvalue weighted by molar-refractivity contribution is -0.139. The first-order valence-electron chi connectivity index (χ1n) is 12.7. The zero-order chi connectivity index (χ0) is 26.2. The first kappa shape index (κ1) is 26.8. The van der Waals surface area contributed by atoms with Gasteiger partial charge in [-0.25, -0.2) is 4.79 Å². The van der Waals surface area contributed by atoms with E-state index < -0.39 is 12.0 Å². The number of piperazine rings is 1. The number of carboxylic acid groups (broad SMARTS) is 1. The molecule has 0 bridgehead atoms. The van der Waals surface area contributed by atoms with Crippen LogP contribution in [0.3, 0.4) is 0 Å². The summed E-state index contributed by atoms with van der Waals surface area (Å²) in [5.41, 5.74) is 5.80. The summed E-state index contributed by atoms with van der Waals surface area (Å²) in [5.74, 6) is -0.695. The Hall–Kier alpha value is -3.29. The highest BCUT2D eigenvalue weighted by atomic mass is 32.2. The van der Waals surface area contributed by atoms with Crippen LogP contribution < -0.4 is 10.2 Å². The molecule has 6 nitrogen and oxygen atoms in total. The number of carbonyl (C=O) groups is 2. The largest absolute Gasteiger partial charge is 0.480 e. The lowest BCUT2D eigenvalue weighted by Crippen LogP contribution is -2.46. The SMILES string of the molecule is CSCC[C@H](NC(=O)c1ccc(CN2CCN(c3ccccc3)CC2)cc1-c1ccccc1C)C(=O)O. The predicted molar refractivity (Wildman–Crippen MR) is 152 cm³/mol. The van der Waals surface area contributed by atoms with Gasteiger partial charge in [-0.1, -0.05) is 48.5 Å². The van der Waals surface area contributed by atoms with Crippen molar-refractivity contribution in [1.29, 1.82) is 0 Å². The number of aryl methyl sites for hydroxylation is 1. The number of aliphatic carboxylic acids is 1. The Morgan fingerprint density at radius 1 is 0.946 bits per heavy atom. The molecule has 1 amide bonds. The Labute approximate surface area is 223 Å². The van der Waals surface area contributed by atoms with Crippen molar-refractivity contribution in [3.8, 4) is 11.1 Å². The number of nitrogens with zero attached hydrogens (tertiary/aromatic N) is 2. The smallest absolute Gasteiger partial charge is 0.326 e. The van der Waals surface area contributed by atoms with Gasteiger partial charge in [0.2, 0.25) is 0 Å². The minimum absolute atomic E-state index is 0.352. The molecular weight excluding hydrogens is 482 g/mol. The van der Waals surface area contributed by atoms with Crippen LogP contribution in [0.4, 0.5) is 5.69 Å². The van der Waals surface area contributed by atoms with Gasteiger partial charge in [0.1, 0.15) is 6.04 Å². The molecule has 0 unspecified atom stereocenters. The van der Waals surface area contributed by atoms with Crippen molar-refractivity contribution in [1.82, 2.24) is 10.2 Å². The first-order chi connectivity index (χ1) is 18.0. The summed E-state index contributed by atoms with van der Waals surface area (Å²) < 4.78 is 0. The standard InChI is InChI=1S/C30H35N3O3S/c1-22-8-6-7-11-25(22)27-20-23(12-13-26(27)29(34)31-28(30(35)36)14-19-37-2)21-32-15-17-33(18-16-32)24-9-4-3-5-10-24/h3-13,20,28H,14-19,21H2,1-2H3,(H,31,34)(H,35,36)/t28-/m0/s1. The summed E-state index contributed by atoms with van der Waals surface area (Å²) in [5, 5.41) is 12.4. The van der Waals surface area contributed by atoms with Crippen molar-refractivity contribution in [3.63, 3.8) is 0 Å². The molecule has 0 radical (unpaired) electrons. The number of anilines is 1. The normalized spacial score (nSPS) is 14.8. The van der Waals surface area contributed by atoms with Crippen molar-refractivity contribution in [2.45, 2.75) is 25.9 Å². The number of thioether (sulfide) groups is 1. The molecule has 0 saturated carbocycles. The van der Waals surface area contributed by atoms with E-state index in [1.165, 1.54) is 5.69 Å². The van der Waals surface area contributed by atoms with Crippen LogP contribution in [0.15, 0.2) is 72.8 Å². The predicted octanol–water partition coefficient (Wildman–Crippen LogP) is 4.92. The third kappa shape index (κ3) is 6.93. The number of hydrogen-bond acceptors (Lipinski definition) is 5. The summed E-state index contributed by atoms with van der Waals surface area (Å²) in [4.78, 5) is 29.9. The van der Waals surface area contributed by atoms with E-state index in [4.69, 9.17) is 0 Å². The second-order valence-electron chi connectivity index (χ2n) is 9.44. The lowest BCUT2D eigenvalue weighted by atomic mass is 9.93. The Balaban J connectivity index is 1.53. The fourth-order valence-electron chi connectivity index (χ4n) is 4.78. The van der Waals surface area contributed by atoms with Crippen LogP contribution in [0.5, 0.6) is 0 Å². The molecule has 1 aliphatic heterocycles. The number of nitrogens with one attached hydrogen (secondary N) is 1. The highest BCUT2D eigenvalue weighted by Crippen LogP contribution is 2.29. The van der Waals surface area contributed by atoms with Crippen molar-refractivity contribution in [2.24, 2.45) is 0 Å². The van der Waals surface area contributed by atoms with Crippen LogP contribution in [0.1, 0.15) is 27.9 Å². The lowest BCUT2D eigenvalue weighted by Gasteiger charge is -2.36. The summed E-state index contributed by atoms with van der Waals surface area (Å²) in [6.07, 6.45) is 2.31. The molecule has 3 aromatic carbocycles. The summed E-state index contributed by atoms with van der Waals surface area (Å²) in [6.45, 7) is 6.71. The van der Waals surface area contributed by atoms with Gasteiger partial charge < -0.3 is 15.3 Å². The highest BCUT2D eigenvalue weighted by molar-refractivity contribution is 7.98. The van der Waals surface area contributed by atoms with Gasteiger partial charge in [0.15, 0.2) is 0 Å². The fourth-order valence-corrected chi connectivity index (χ4v) is 5.25. The second-order valence-corrected chi connectivity index (χ2v) is 10.4. The van der Waals surface area contributed by atoms with Gasteiger partial charge in [-0.3, -0.25) is 9.69 Å². The number of carboxylic acids is 1. The van der Waals surface area contributed by atoms with E-state index in [1.807, 2.05) is 55.6 Å². The Morgan fingerprint density at radius 3 is 2.32 bits per heavy atom. The molecule has 3 aromatic rings. The maximum atomic E-state index is 13.3. The van der Waals surface area contributed by atoms with Crippen LogP contribution in [0, 0.1) is 6.92 Å². The van der Waals surface area contributed by atoms with Gasteiger partial charge in [0.05, 0.1) is 0 Å². The van der Waals surface area contributed by atoms with E-state index >= 15 is 0 Å². The summed E-state index contributed by atoms with van der Waals surface area (Å²) in [6, 6.07) is 23.5. The highest BCUT2D eigenvalue weighted by Gasteiger charge is 2.23. The van der Waals surface area contributed by atoms with Gasteiger partial charge in [0.25, 0.3) is 5.91 Å². The molecule has 0 aromatic heterocycles. The molecule has 1 heterocycles. The van der Waals surface area contributed by atoms with Crippen molar-refractivity contribution in [3.05, 3.63) is 89.5 Å². The van der Waals surface area contributed by atoms with Crippen LogP contribution in [0.2, 0.25) is 0 Å². The molecule has 1 fully saturated rings. The van der Waals surface area contributed by atoms with Crippen LogP contribution >= 0.6 is 11.8 Å². The zero-order valence-corrected chi connectivity index (χ0v) is 22.3. The molecule has 1 saturated heterocycles.